The van der Waals surface area contributed by atoms with Crippen LogP contribution >= 0.6 is 11.6 Å². The molecule has 116 valence electrons. The number of rotatable bonds is 4. The van der Waals surface area contributed by atoms with E-state index >= 15 is 0 Å². The van der Waals surface area contributed by atoms with Crippen LogP contribution in [0.1, 0.15) is 38.3 Å². The molecule has 0 saturated carbocycles. The van der Waals surface area contributed by atoms with Crippen molar-refractivity contribution in [2.24, 2.45) is 0 Å². The van der Waals surface area contributed by atoms with Gasteiger partial charge in [-0.1, -0.05) is 23.7 Å². The molecule has 1 fully saturated rings. The second-order valence-electron chi connectivity index (χ2n) is 5.72. The summed E-state index contributed by atoms with van der Waals surface area (Å²) in [6, 6.07) is 7.29. The van der Waals surface area contributed by atoms with Gasteiger partial charge >= 0.3 is 0 Å². The van der Waals surface area contributed by atoms with Gasteiger partial charge in [0.1, 0.15) is 0 Å². The van der Waals surface area contributed by atoms with Crippen LogP contribution in [0.4, 0.5) is 0 Å². The Morgan fingerprint density at radius 2 is 1.86 bits per heavy atom. The van der Waals surface area contributed by atoms with Crippen molar-refractivity contribution < 1.29 is 9.90 Å². The molecule has 1 amide bonds. The average Bonchev–Trinajstić information content (AvgIpc) is 2.47. The van der Waals surface area contributed by atoms with Crippen LogP contribution in [0.3, 0.4) is 0 Å². The Kier molecular flexibility index (Phi) is 5.62. The first-order chi connectivity index (χ1) is 9.97. The molecule has 21 heavy (non-hydrogen) atoms. The van der Waals surface area contributed by atoms with Crippen molar-refractivity contribution in [1.29, 1.82) is 0 Å². The minimum atomic E-state index is -0.218. The van der Waals surface area contributed by atoms with E-state index in [2.05, 4.69) is 10.2 Å². The van der Waals surface area contributed by atoms with E-state index in [4.69, 9.17) is 11.6 Å². The summed E-state index contributed by atoms with van der Waals surface area (Å²) in [5, 5.41) is 13.3. The molecule has 0 bridgehead atoms. The van der Waals surface area contributed by atoms with Gasteiger partial charge in [-0.15, -0.1) is 0 Å². The van der Waals surface area contributed by atoms with Crippen LogP contribution in [-0.2, 0) is 4.79 Å². The molecule has 0 aliphatic carbocycles. The SMILES string of the molecule is CC(NC(=O)C(C)N1CCC(O)CC1)c1ccc(Cl)cc1. The standard InChI is InChI=1S/C16H23ClN2O2/c1-11(13-3-5-14(17)6-4-13)18-16(21)12(2)19-9-7-15(20)8-10-19/h3-6,11-12,15,20H,7-10H2,1-2H3,(H,18,21). The summed E-state index contributed by atoms with van der Waals surface area (Å²) in [5.41, 5.74) is 1.04. The quantitative estimate of drug-likeness (QED) is 0.897. The highest BCUT2D eigenvalue weighted by molar-refractivity contribution is 6.30. The normalized spacial score (nSPS) is 20.0. The van der Waals surface area contributed by atoms with Gasteiger partial charge in [-0.2, -0.15) is 0 Å². The molecule has 0 aromatic heterocycles. The van der Waals surface area contributed by atoms with Crippen LogP contribution in [0, 0.1) is 0 Å². The van der Waals surface area contributed by atoms with Gasteiger partial charge in [0.15, 0.2) is 0 Å². The fourth-order valence-electron chi connectivity index (χ4n) is 2.61. The maximum Gasteiger partial charge on any atom is 0.237 e. The summed E-state index contributed by atoms with van der Waals surface area (Å²) in [5.74, 6) is 0.0221. The Morgan fingerprint density at radius 1 is 1.29 bits per heavy atom. The summed E-state index contributed by atoms with van der Waals surface area (Å²) >= 11 is 5.87. The lowest BCUT2D eigenvalue weighted by molar-refractivity contribution is -0.127. The smallest absolute Gasteiger partial charge is 0.237 e. The lowest BCUT2D eigenvalue weighted by atomic mass is 10.0. The van der Waals surface area contributed by atoms with Gasteiger partial charge in [-0.05, 0) is 44.4 Å². The van der Waals surface area contributed by atoms with E-state index in [1.165, 1.54) is 0 Å². The lowest BCUT2D eigenvalue weighted by Crippen LogP contribution is -2.49. The van der Waals surface area contributed by atoms with E-state index < -0.39 is 0 Å². The van der Waals surface area contributed by atoms with Gasteiger partial charge in [0, 0.05) is 18.1 Å². The van der Waals surface area contributed by atoms with Gasteiger partial charge in [-0.25, -0.2) is 0 Å². The number of hydrogen-bond acceptors (Lipinski definition) is 3. The van der Waals surface area contributed by atoms with Gasteiger partial charge in [0.25, 0.3) is 0 Å². The average molecular weight is 311 g/mol. The number of piperidine rings is 1. The first-order valence-electron chi connectivity index (χ1n) is 7.45. The van der Waals surface area contributed by atoms with Gasteiger partial charge < -0.3 is 10.4 Å². The Morgan fingerprint density at radius 3 is 2.43 bits per heavy atom. The van der Waals surface area contributed by atoms with Crippen LogP contribution in [-0.4, -0.2) is 41.1 Å². The van der Waals surface area contributed by atoms with E-state index in [-0.39, 0.29) is 24.1 Å². The molecule has 0 spiro atoms. The predicted octanol–water partition coefficient (Wildman–Crippen LogP) is 2.36. The number of likely N-dealkylation sites (tertiary alicyclic amines) is 1. The van der Waals surface area contributed by atoms with E-state index in [9.17, 15) is 9.90 Å². The highest BCUT2D eigenvalue weighted by Crippen LogP contribution is 2.17. The van der Waals surface area contributed by atoms with E-state index in [1.807, 2.05) is 38.1 Å². The lowest BCUT2D eigenvalue weighted by Gasteiger charge is -2.34. The second-order valence-corrected chi connectivity index (χ2v) is 6.16. The third-order valence-corrected chi connectivity index (χ3v) is 4.41. The molecular weight excluding hydrogens is 288 g/mol. The summed E-state index contributed by atoms with van der Waals surface area (Å²) in [4.78, 5) is 14.5. The number of aliphatic hydroxyl groups is 1. The van der Waals surface area contributed by atoms with Crippen LogP contribution in [0.15, 0.2) is 24.3 Å². The number of benzene rings is 1. The van der Waals surface area contributed by atoms with Crippen molar-refractivity contribution in [2.45, 2.75) is 44.9 Å². The zero-order valence-electron chi connectivity index (χ0n) is 12.6. The topological polar surface area (TPSA) is 52.6 Å². The second kappa shape index (κ2) is 7.25. The van der Waals surface area contributed by atoms with E-state index in [0.29, 0.717) is 5.02 Å². The molecule has 4 nitrogen and oxygen atoms in total. The maximum atomic E-state index is 12.3. The summed E-state index contributed by atoms with van der Waals surface area (Å²) in [6.07, 6.45) is 1.26. The third-order valence-electron chi connectivity index (χ3n) is 4.16. The molecule has 2 unspecified atom stereocenters. The molecule has 1 saturated heterocycles. The number of hydrogen-bond donors (Lipinski definition) is 2. The molecule has 1 aromatic rings. The van der Waals surface area contributed by atoms with Crippen molar-refractivity contribution in [1.82, 2.24) is 10.2 Å². The summed E-state index contributed by atoms with van der Waals surface area (Å²) < 4.78 is 0. The van der Waals surface area contributed by atoms with E-state index in [1.54, 1.807) is 0 Å². The van der Waals surface area contributed by atoms with Crippen molar-refractivity contribution >= 4 is 17.5 Å². The molecule has 1 aromatic carbocycles. The molecular formula is C16H23ClN2O2. The number of carbonyl (C=O) groups excluding carboxylic acids is 1. The Labute approximate surface area is 131 Å². The van der Waals surface area contributed by atoms with Gasteiger partial charge in [0.05, 0.1) is 18.2 Å². The van der Waals surface area contributed by atoms with Crippen LogP contribution in [0.5, 0.6) is 0 Å². The number of nitrogens with zero attached hydrogens (tertiary/aromatic N) is 1. The summed E-state index contributed by atoms with van der Waals surface area (Å²) in [7, 11) is 0. The van der Waals surface area contributed by atoms with Crippen molar-refractivity contribution in [3.05, 3.63) is 34.9 Å². The summed E-state index contributed by atoms with van der Waals surface area (Å²) in [6.45, 7) is 5.42. The Bertz CT molecular complexity index is 470. The molecule has 2 N–H and O–H groups in total. The fourth-order valence-corrected chi connectivity index (χ4v) is 2.73. The van der Waals surface area contributed by atoms with Crippen LogP contribution in [0.25, 0.3) is 0 Å². The number of amides is 1. The Balaban J connectivity index is 1.89. The zero-order chi connectivity index (χ0) is 15.4. The van der Waals surface area contributed by atoms with Gasteiger partial charge in [0.2, 0.25) is 5.91 Å². The highest BCUT2D eigenvalue weighted by Gasteiger charge is 2.26. The van der Waals surface area contributed by atoms with Crippen molar-refractivity contribution in [3.63, 3.8) is 0 Å². The number of aliphatic hydroxyl groups excluding tert-OH is 1. The third kappa shape index (κ3) is 4.43. The molecule has 1 aliphatic rings. The number of halogens is 1. The maximum absolute atomic E-state index is 12.3. The minimum absolute atomic E-state index is 0.0221. The van der Waals surface area contributed by atoms with Crippen LogP contribution < -0.4 is 5.32 Å². The van der Waals surface area contributed by atoms with E-state index in [0.717, 1.165) is 31.5 Å². The number of nitrogens with one attached hydrogen (secondary N) is 1. The Hall–Kier alpha value is -1.10. The minimum Gasteiger partial charge on any atom is -0.393 e. The monoisotopic (exact) mass is 310 g/mol. The van der Waals surface area contributed by atoms with Crippen molar-refractivity contribution in [2.75, 3.05) is 13.1 Å². The highest BCUT2D eigenvalue weighted by atomic mass is 35.5. The molecule has 2 rings (SSSR count). The van der Waals surface area contributed by atoms with Crippen molar-refractivity contribution in [3.8, 4) is 0 Å². The fraction of sp³-hybridized carbons (Fsp3) is 0.562. The number of carbonyl (C=O) groups is 1. The molecule has 2 atom stereocenters. The zero-order valence-corrected chi connectivity index (χ0v) is 13.3. The largest absolute Gasteiger partial charge is 0.393 e. The predicted molar refractivity (Wildman–Crippen MR) is 84.3 cm³/mol. The first-order valence-corrected chi connectivity index (χ1v) is 7.83. The first kappa shape index (κ1) is 16.3. The molecule has 5 heteroatoms. The van der Waals surface area contributed by atoms with Gasteiger partial charge in [-0.3, -0.25) is 9.69 Å². The molecule has 1 aliphatic heterocycles. The molecule has 1 heterocycles. The molecule has 0 radical (unpaired) electrons. The van der Waals surface area contributed by atoms with Crippen LogP contribution in [0.2, 0.25) is 5.02 Å².